The summed E-state index contributed by atoms with van der Waals surface area (Å²) in [7, 11) is 0. The van der Waals surface area contributed by atoms with Gasteiger partial charge in [0.2, 0.25) is 0 Å². The van der Waals surface area contributed by atoms with Crippen molar-refractivity contribution in [1.29, 1.82) is 0 Å². The van der Waals surface area contributed by atoms with E-state index in [1.807, 2.05) is 18.2 Å². The Morgan fingerprint density at radius 1 is 1.00 bits per heavy atom. The van der Waals surface area contributed by atoms with Gasteiger partial charge in [-0.2, -0.15) is 0 Å². The molecule has 0 aliphatic carbocycles. The van der Waals surface area contributed by atoms with Gasteiger partial charge in [0.25, 0.3) is 5.69 Å². The van der Waals surface area contributed by atoms with Crippen molar-refractivity contribution in [3.8, 4) is 5.75 Å². The van der Waals surface area contributed by atoms with Crippen LogP contribution in [0, 0.1) is 10.1 Å². The summed E-state index contributed by atoms with van der Waals surface area (Å²) in [5.41, 5.74) is 2.62. The molecule has 0 atom stereocenters. The molecule has 0 spiro atoms. The van der Waals surface area contributed by atoms with Crippen molar-refractivity contribution in [3.63, 3.8) is 0 Å². The van der Waals surface area contributed by atoms with Crippen LogP contribution in [0.4, 0.5) is 11.4 Å². The summed E-state index contributed by atoms with van der Waals surface area (Å²) in [4.78, 5) is 10.4. The maximum Gasteiger partial charge on any atom is 0.269 e. The van der Waals surface area contributed by atoms with Crippen molar-refractivity contribution >= 4 is 66.4 Å². The molecule has 0 radical (unpaired) electrons. The third-order valence-electron chi connectivity index (χ3n) is 4.02. The van der Waals surface area contributed by atoms with E-state index in [9.17, 15) is 10.1 Å². The number of hydrogen-bond donors (Lipinski definition) is 1. The number of nitro groups is 1. The first-order valence-corrected chi connectivity index (χ1v) is 10.7. The summed E-state index contributed by atoms with van der Waals surface area (Å²) in [6.07, 6.45) is 0. The normalized spacial score (nSPS) is 10.6. The van der Waals surface area contributed by atoms with Crippen LogP contribution in [0.5, 0.6) is 5.75 Å². The van der Waals surface area contributed by atoms with Gasteiger partial charge in [-0.05, 0) is 64.0 Å². The summed E-state index contributed by atoms with van der Waals surface area (Å²) in [5, 5.41) is 15.1. The van der Waals surface area contributed by atoms with Crippen LogP contribution >= 0.6 is 55.1 Å². The highest BCUT2D eigenvalue weighted by atomic mass is 79.9. The third-order valence-corrected chi connectivity index (χ3v) is 5.80. The Bertz CT molecular complexity index is 1050. The lowest BCUT2D eigenvalue weighted by Crippen LogP contribution is -2.05. The van der Waals surface area contributed by atoms with Crippen LogP contribution in [0.15, 0.2) is 63.5 Å². The van der Waals surface area contributed by atoms with Crippen LogP contribution in [-0.2, 0) is 13.2 Å². The van der Waals surface area contributed by atoms with E-state index in [1.165, 1.54) is 12.1 Å². The number of anilines is 1. The van der Waals surface area contributed by atoms with Gasteiger partial charge in [0.15, 0.2) is 0 Å². The molecule has 5 nitrogen and oxygen atoms in total. The summed E-state index contributed by atoms with van der Waals surface area (Å²) in [5.74, 6) is 0.680. The Morgan fingerprint density at radius 2 is 1.72 bits per heavy atom. The lowest BCUT2D eigenvalue weighted by Gasteiger charge is -2.16. The minimum Gasteiger partial charge on any atom is -0.487 e. The average Bonchev–Trinajstić information content (AvgIpc) is 2.68. The van der Waals surface area contributed by atoms with E-state index in [0.717, 1.165) is 25.8 Å². The molecule has 0 aliphatic rings. The molecule has 0 bridgehead atoms. The SMILES string of the molecule is O=[N+]([O-])c1ccc(COc2c(Br)cc(Br)cc2CNc2ccc(Cl)c(Cl)c2)cc1. The van der Waals surface area contributed by atoms with Gasteiger partial charge in [0, 0.05) is 34.4 Å². The Kier molecular flexibility index (Phi) is 7.40. The predicted molar refractivity (Wildman–Crippen MR) is 123 cm³/mol. The molecule has 1 N–H and O–H groups in total. The van der Waals surface area contributed by atoms with Crippen molar-refractivity contribution in [2.45, 2.75) is 13.2 Å². The maximum atomic E-state index is 10.8. The second kappa shape index (κ2) is 9.80. The van der Waals surface area contributed by atoms with E-state index in [0.29, 0.717) is 22.3 Å². The van der Waals surface area contributed by atoms with E-state index in [-0.39, 0.29) is 12.3 Å². The Labute approximate surface area is 194 Å². The number of ether oxygens (including phenoxy) is 1. The van der Waals surface area contributed by atoms with E-state index < -0.39 is 4.92 Å². The molecule has 0 heterocycles. The Morgan fingerprint density at radius 3 is 2.38 bits per heavy atom. The van der Waals surface area contributed by atoms with Gasteiger partial charge < -0.3 is 10.1 Å². The maximum absolute atomic E-state index is 10.8. The van der Waals surface area contributed by atoms with Crippen LogP contribution in [-0.4, -0.2) is 4.92 Å². The monoisotopic (exact) mass is 558 g/mol. The number of halogens is 4. The van der Waals surface area contributed by atoms with Crippen LogP contribution in [0.1, 0.15) is 11.1 Å². The van der Waals surface area contributed by atoms with Crippen molar-refractivity contribution in [2.24, 2.45) is 0 Å². The smallest absolute Gasteiger partial charge is 0.269 e. The highest BCUT2D eigenvalue weighted by Gasteiger charge is 2.12. The highest BCUT2D eigenvalue weighted by Crippen LogP contribution is 2.34. The molecule has 3 aromatic carbocycles. The van der Waals surface area contributed by atoms with Crippen molar-refractivity contribution in [3.05, 3.63) is 94.8 Å². The largest absolute Gasteiger partial charge is 0.487 e. The van der Waals surface area contributed by atoms with E-state index in [1.54, 1.807) is 24.3 Å². The second-order valence-corrected chi connectivity index (χ2v) is 8.65. The summed E-state index contributed by atoms with van der Waals surface area (Å²) < 4.78 is 7.71. The van der Waals surface area contributed by atoms with Crippen LogP contribution < -0.4 is 10.1 Å². The quantitative estimate of drug-likeness (QED) is 0.238. The number of nitro benzene ring substituents is 1. The van der Waals surface area contributed by atoms with Gasteiger partial charge >= 0.3 is 0 Å². The van der Waals surface area contributed by atoms with E-state index >= 15 is 0 Å². The molecule has 29 heavy (non-hydrogen) atoms. The highest BCUT2D eigenvalue weighted by molar-refractivity contribution is 9.11. The minimum atomic E-state index is -0.428. The fourth-order valence-corrected chi connectivity index (χ4v) is 4.31. The Balaban J connectivity index is 1.75. The standard InChI is InChI=1S/C20H14Br2Cl2N2O3/c21-14-7-13(10-25-15-3-6-18(23)19(24)9-15)20(17(22)8-14)29-11-12-1-4-16(5-2-12)26(27)28/h1-9,25H,10-11H2. The number of rotatable bonds is 7. The van der Waals surface area contributed by atoms with Crippen molar-refractivity contribution in [2.75, 3.05) is 5.32 Å². The lowest BCUT2D eigenvalue weighted by molar-refractivity contribution is -0.384. The molecule has 0 amide bonds. The number of nitrogens with zero attached hydrogens (tertiary/aromatic N) is 1. The number of hydrogen-bond acceptors (Lipinski definition) is 4. The van der Waals surface area contributed by atoms with Crippen LogP contribution in [0.2, 0.25) is 10.0 Å². The number of non-ortho nitro benzene ring substituents is 1. The van der Waals surface area contributed by atoms with Crippen LogP contribution in [0.3, 0.4) is 0 Å². The molecule has 0 saturated heterocycles. The zero-order chi connectivity index (χ0) is 21.0. The second-order valence-electron chi connectivity index (χ2n) is 6.07. The fourth-order valence-electron chi connectivity index (χ4n) is 2.58. The third kappa shape index (κ3) is 5.85. The predicted octanol–water partition coefficient (Wildman–Crippen LogP) is 7.62. The molecule has 9 heteroatoms. The van der Waals surface area contributed by atoms with Gasteiger partial charge in [-0.25, -0.2) is 0 Å². The zero-order valence-corrected chi connectivity index (χ0v) is 19.5. The van der Waals surface area contributed by atoms with Gasteiger partial charge in [-0.15, -0.1) is 0 Å². The molecule has 0 aliphatic heterocycles. The fraction of sp³-hybridized carbons (Fsp3) is 0.100. The molecule has 3 aromatic rings. The first-order chi connectivity index (χ1) is 13.8. The van der Waals surface area contributed by atoms with Crippen molar-refractivity contribution < 1.29 is 9.66 Å². The van der Waals surface area contributed by atoms with Crippen molar-refractivity contribution in [1.82, 2.24) is 0 Å². The summed E-state index contributed by atoms with van der Waals surface area (Å²) in [6.45, 7) is 0.767. The van der Waals surface area contributed by atoms with Gasteiger partial charge in [-0.3, -0.25) is 10.1 Å². The summed E-state index contributed by atoms with van der Waals surface area (Å²) in [6, 6.07) is 15.5. The average molecular weight is 561 g/mol. The Hall–Kier alpha value is -1.80. The van der Waals surface area contributed by atoms with Gasteiger partial charge in [0.05, 0.1) is 19.4 Å². The molecule has 3 rings (SSSR count). The molecule has 150 valence electrons. The van der Waals surface area contributed by atoms with Gasteiger partial charge in [0.1, 0.15) is 12.4 Å². The molecular formula is C20H14Br2Cl2N2O3. The van der Waals surface area contributed by atoms with E-state index in [2.05, 4.69) is 37.2 Å². The summed E-state index contributed by atoms with van der Waals surface area (Å²) >= 11 is 19.1. The molecule has 0 unspecified atom stereocenters. The molecule has 0 aromatic heterocycles. The minimum absolute atomic E-state index is 0.0464. The zero-order valence-electron chi connectivity index (χ0n) is 14.8. The molecule has 0 saturated carbocycles. The first kappa shape index (κ1) is 21.9. The number of benzene rings is 3. The topological polar surface area (TPSA) is 64.4 Å². The van der Waals surface area contributed by atoms with Crippen LogP contribution in [0.25, 0.3) is 0 Å². The molecule has 0 fully saturated rings. The number of nitrogens with one attached hydrogen (secondary N) is 1. The lowest BCUT2D eigenvalue weighted by atomic mass is 10.2. The van der Waals surface area contributed by atoms with E-state index in [4.69, 9.17) is 27.9 Å². The first-order valence-electron chi connectivity index (χ1n) is 8.36. The van der Waals surface area contributed by atoms with Gasteiger partial charge in [-0.1, -0.05) is 39.1 Å². The molecular weight excluding hydrogens is 547 g/mol.